The zero-order valence-electron chi connectivity index (χ0n) is 10.5. The molecule has 0 saturated carbocycles. The number of rotatable bonds is 2. The van der Waals surface area contributed by atoms with Gasteiger partial charge in [0.25, 0.3) is 5.91 Å². The second-order valence-corrected chi connectivity index (χ2v) is 4.28. The van der Waals surface area contributed by atoms with Crippen LogP contribution in [0.25, 0.3) is 11.1 Å². The molecule has 1 aliphatic heterocycles. The summed E-state index contributed by atoms with van der Waals surface area (Å²) in [6.07, 6.45) is 0. The van der Waals surface area contributed by atoms with Crippen LogP contribution in [0.4, 0.5) is 5.69 Å². The van der Waals surface area contributed by atoms with E-state index in [4.69, 9.17) is 9.47 Å². The van der Waals surface area contributed by atoms with Gasteiger partial charge in [-0.15, -0.1) is 0 Å². The SMILES string of the molecule is COc1ccc(-c2ccc3c(c2)OCC(=O)N3)cc1. The van der Waals surface area contributed by atoms with Gasteiger partial charge in [0, 0.05) is 0 Å². The van der Waals surface area contributed by atoms with Crippen molar-refractivity contribution in [2.24, 2.45) is 0 Å². The van der Waals surface area contributed by atoms with Crippen LogP contribution in [0.5, 0.6) is 11.5 Å². The summed E-state index contributed by atoms with van der Waals surface area (Å²) < 4.78 is 10.5. The van der Waals surface area contributed by atoms with E-state index < -0.39 is 0 Å². The van der Waals surface area contributed by atoms with Crippen LogP contribution in [0.2, 0.25) is 0 Å². The van der Waals surface area contributed by atoms with Crippen molar-refractivity contribution in [3.8, 4) is 22.6 Å². The van der Waals surface area contributed by atoms with E-state index in [0.29, 0.717) is 11.4 Å². The van der Waals surface area contributed by atoms with E-state index >= 15 is 0 Å². The zero-order chi connectivity index (χ0) is 13.2. The van der Waals surface area contributed by atoms with Crippen LogP contribution in [-0.2, 0) is 4.79 Å². The Labute approximate surface area is 111 Å². The monoisotopic (exact) mass is 255 g/mol. The number of carbonyl (C=O) groups excluding carboxylic acids is 1. The van der Waals surface area contributed by atoms with Gasteiger partial charge in [0.05, 0.1) is 12.8 Å². The lowest BCUT2D eigenvalue weighted by Gasteiger charge is -2.18. The summed E-state index contributed by atoms with van der Waals surface area (Å²) in [7, 11) is 1.64. The van der Waals surface area contributed by atoms with Crippen molar-refractivity contribution < 1.29 is 14.3 Å². The summed E-state index contributed by atoms with van der Waals surface area (Å²) in [5.74, 6) is 1.41. The van der Waals surface area contributed by atoms with Crippen molar-refractivity contribution >= 4 is 11.6 Å². The van der Waals surface area contributed by atoms with Crippen LogP contribution in [0.15, 0.2) is 42.5 Å². The van der Waals surface area contributed by atoms with E-state index in [0.717, 1.165) is 16.9 Å². The number of ether oxygens (including phenoxy) is 2. The van der Waals surface area contributed by atoms with Crippen molar-refractivity contribution in [2.45, 2.75) is 0 Å². The second kappa shape index (κ2) is 4.65. The van der Waals surface area contributed by atoms with Crippen molar-refractivity contribution in [1.82, 2.24) is 0 Å². The quantitative estimate of drug-likeness (QED) is 0.897. The standard InChI is InChI=1S/C15H13NO3/c1-18-12-5-2-10(3-6-12)11-4-7-13-14(8-11)19-9-15(17)16-13/h2-8H,9H2,1H3,(H,16,17). The summed E-state index contributed by atoms with van der Waals surface area (Å²) >= 11 is 0. The summed E-state index contributed by atoms with van der Waals surface area (Å²) in [6, 6.07) is 13.5. The number of nitrogens with one attached hydrogen (secondary N) is 1. The molecule has 1 heterocycles. The molecule has 0 unspecified atom stereocenters. The molecule has 0 saturated heterocycles. The molecule has 2 aromatic carbocycles. The highest BCUT2D eigenvalue weighted by Crippen LogP contribution is 2.33. The first-order valence-corrected chi connectivity index (χ1v) is 5.97. The Morgan fingerprint density at radius 1 is 1.11 bits per heavy atom. The average molecular weight is 255 g/mol. The van der Waals surface area contributed by atoms with Gasteiger partial charge in [-0.25, -0.2) is 0 Å². The van der Waals surface area contributed by atoms with Crippen LogP contribution in [0, 0.1) is 0 Å². The molecule has 96 valence electrons. The van der Waals surface area contributed by atoms with Gasteiger partial charge in [-0.2, -0.15) is 0 Å². The molecule has 0 atom stereocenters. The Morgan fingerprint density at radius 3 is 2.58 bits per heavy atom. The topological polar surface area (TPSA) is 47.6 Å². The van der Waals surface area contributed by atoms with E-state index in [-0.39, 0.29) is 12.5 Å². The van der Waals surface area contributed by atoms with Gasteiger partial charge in [0.15, 0.2) is 6.61 Å². The Hall–Kier alpha value is -2.49. The first kappa shape index (κ1) is 11.6. The van der Waals surface area contributed by atoms with E-state index in [1.807, 2.05) is 42.5 Å². The zero-order valence-corrected chi connectivity index (χ0v) is 10.5. The van der Waals surface area contributed by atoms with Gasteiger partial charge in [-0.1, -0.05) is 18.2 Å². The molecule has 0 radical (unpaired) electrons. The molecule has 2 aromatic rings. The number of benzene rings is 2. The summed E-state index contributed by atoms with van der Waals surface area (Å²) in [5, 5.41) is 2.77. The second-order valence-electron chi connectivity index (χ2n) is 4.28. The lowest BCUT2D eigenvalue weighted by Crippen LogP contribution is -2.25. The number of methoxy groups -OCH3 is 1. The molecule has 19 heavy (non-hydrogen) atoms. The molecule has 1 aliphatic rings. The van der Waals surface area contributed by atoms with Gasteiger partial charge in [0.1, 0.15) is 11.5 Å². The fourth-order valence-electron chi connectivity index (χ4n) is 2.04. The maximum Gasteiger partial charge on any atom is 0.262 e. The third-order valence-corrected chi connectivity index (χ3v) is 3.04. The molecule has 0 bridgehead atoms. The molecular weight excluding hydrogens is 242 g/mol. The summed E-state index contributed by atoms with van der Waals surface area (Å²) in [6.45, 7) is 0.0685. The van der Waals surface area contributed by atoms with Crippen LogP contribution in [-0.4, -0.2) is 19.6 Å². The molecule has 1 amide bonds. The number of carbonyl (C=O) groups is 1. The highest BCUT2D eigenvalue weighted by Gasteiger charge is 2.16. The van der Waals surface area contributed by atoms with E-state index in [2.05, 4.69) is 5.32 Å². The molecule has 3 rings (SSSR count). The van der Waals surface area contributed by atoms with Crippen molar-refractivity contribution in [3.63, 3.8) is 0 Å². The van der Waals surface area contributed by atoms with E-state index in [1.165, 1.54) is 0 Å². The fourth-order valence-corrected chi connectivity index (χ4v) is 2.04. The third kappa shape index (κ3) is 2.25. The Balaban J connectivity index is 1.95. The molecule has 0 fully saturated rings. The molecular formula is C15H13NO3. The van der Waals surface area contributed by atoms with Gasteiger partial charge in [-0.3, -0.25) is 4.79 Å². The first-order valence-electron chi connectivity index (χ1n) is 5.97. The number of fused-ring (bicyclic) bond motifs is 1. The van der Waals surface area contributed by atoms with E-state index in [1.54, 1.807) is 7.11 Å². The van der Waals surface area contributed by atoms with Crippen molar-refractivity contribution in [1.29, 1.82) is 0 Å². The van der Waals surface area contributed by atoms with Gasteiger partial charge in [0.2, 0.25) is 0 Å². The Kier molecular flexibility index (Phi) is 2.83. The molecule has 0 aliphatic carbocycles. The van der Waals surface area contributed by atoms with Gasteiger partial charge >= 0.3 is 0 Å². The van der Waals surface area contributed by atoms with Crippen LogP contribution < -0.4 is 14.8 Å². The van der Waals surface area contributed by atoms with Gasteiger partial charge < -0.3 is 14.8 Å². The Bertz CT molecular complexity index is 620. The summed E-state index contributed by atoms with van der Waals surface area (Å²) in [5.41, 5.74) is 2.83. The Morgan fingerprint density at radius 2 is 1.84 bits per heavy atom. The average Bonchev–Trinajstić information content (AvgIpc) is 2.47. The fraction of sp³-hybridized carbons (Fsp3) is 0.133. The lowest BCUT2D eigenvalue weighted by atomic mass is 10.0. The lowest BCUT2D eigenvalue weighted by molar-refractivity contribution is -0.118. The number of anilines is 1. The maximum atomic E-state index is 11.2. The minimum atomic E-state index is -0.121. The number of amides is 1. The predicted molar refractivity (Wildman–Crippen MR) is 72.6 cm³/mol. The molecule has 1 N–H and O–H groups in total. The third-order valence-electron chi connectivity index (χ3n) is 3.04. The highest BCUT2D eigenvalue weighted by atomic mass is 16.5. The minimum Gasteiger partial charge on any atom is -0.497 e. The predicted octanol–water partition coefficient (Wildman–Crippen LogP) is 2.69. The smallest absolute Gasteiger partial charge is 0.262 e. The van der Waals surface area contributed by atoms with Gasteiger partial charge in [-0.05, 0) is 35.4 Å². The minimum absolute atomic E-state index is 0.0685. The normalized spacial score (nSPS) is 13.2. The maximum absolute atomic E-state index is 11.2. The number of hydrogen-bond donors (Lipinski definition) is 1. The molecule has 0 aromatic heterocycles. The summed E-state index contributed by atoms with van der Waals surface area (Å²) in [4.78, 5) is 11.2. The molecule has 4 heteroatoms. The molecule has 4 nitrogen and oxygen atoms in total. The van der Waals surface area contributed by atoms with Crippen LogP contribution in [0.3, 0.4) is 0 Å². The van der Waals surface area contributed by atoms with Crippen molar-refractivity contribution in [2.75, 3.05) is 19.0 Å². The largest absolute Gasteiger partial charge is 0.497 e. The van der Waals surface area contributed by atoms with Crippen molar-refractivity contribution in [3.05, 3.63) is 42.5 Å². The number of hydrogen-bond acceptors (Lipinski definition) is 3. The molecule has 0 spiro atoms. The van der Waals surface area contributed by atoms with Crippen LogP contribution in [0.1, 0.15) is 0 Å². The van der Waals surface area contributed by atoms with Crippen LogP contribution >= 0.6 is 0 Å². The first-order chi connectivity index (χ1) is 9.26. The highest BCUT2D eigenvalue weighted by molar-refractivity contribution is 5.95. The van der Waals surface area contributed by atoms with E-state index in [9.17, 15) is 4.79 Å².